The molecule has 0 bridgehead atoms. The van der Waals surface area contributed by atoms with E-state index in [1.807, 2.05) is 33.8 Å². The van der Waals surface area contributed by atoms with Crippen molar-refractivity contribution in [1.29, 1.82) is 0 Å². The fraction of sp³-hybridized carbons (Fsp3) is 0.208. The molecule has 1 N–H and O–H groups in total. The van der Waals surface area contributed by atoms with E-state index in [0.717, 1.165) is 45.9 Å². The van der Waals surface area contributed by atoms with Crippen molar-refractivity contribution >= 4 is 23.2 Å². The zero-order chi connectivity index (χ0) is 21.8. The Balaban J connectivity index is 1.80. The van der Waals surface area contributed by atoms with Crippen LogP contribution >= 0.6 is 0 Å². The Morgan fingerprint density at radius 1 is 0.933 bits per heavy atom. The van der Waals surface area contributed by atoms with Crippen LogP contribution in [0.3, 0.4) is 0 Å². The monoisotopic (exact) mass is 410 g/mol. The molecule has 1 aliphatic heterocycles. The molecule has 0 saturated heterocycles. The van der Waals surface area contributed by atoms with Crippen LogP contribution in [0.25, 0.3) is 17.3 Å². The van der Waals surface area contributed by atoms with Crippen LogP contribution in [0.15, 0.2) is 42.5 Å². The molecule has 154 valence electrons. The van der Waals surface area contributed by atoms with Gasteiger partial charge in [0.05, 0.1) is 5.56 Å². The first-order valence-corrected chi connectivity index (χ1v) is 9.57. The third-order valence-corrected chi connectivity index (χ3v) is 5.36. The number of amides is 1. The summed E-state index contributed by atoms with van der Waals surface area (Å²) in [5.74, 6) is -0.402. The molecule has 30 heavy (non-hydrogen) atoms. The van der Waals surface area contributed by atoms with E-state index in [9.17, 15) is 18.0 Å². The quantitative estimate of drug-likeness (QED) is 0.500. The van der Waals surface area contributed by atoms with Gasteiger partial charge in [0.2, 0.25) is 0 Å². The van der Waals surface area contributed by atoms with Crippen LogP contribution in [0.2, 0.25) is 0 Å². The minimum Gasteiger partial charge on any atom is -0.321 e. The van der Waals surface area contributed by atoms with Gasteiger partial charge in [0.25, 0.3) is 5.91 Å². The summed E-state index contributed by atoms with van der Waals surface area (Å²) in [4.78, 5) is 12.5. The lowest BCUT2D eigenvalue weighted by Crippen LogP contribution is -2.06. The predicted octanol–water partition coefficient (Wildman–Crippen LogP) is 6.22. The predicted molar refractivity (Wildman–Crippen MR) is 113 cm³/mol. The summed E-state index contributed by atoms with van der Waals surface area (Å²) in [6.07, 6.45) is -2.71. The fourth-order valence-electron chi connectivity index (χ4n) is 4.08. The highest BCUT2D eigenvalue weighted by Gasteiger charge is 2.33. The molecule has 2 aromatic carbocycles. The second-order valence-corrected chi connectivity index (χ2v) is 7.78. The van der Waals surface area contributed by atoms with E-state index in [0.29, 0.717) is 11.1 Å². The molecule has 4 rings (SSSR count). The normalized spacial score (nSPS) is 14.9. The third kappa shape index (κ3) is 3.43. The number of hydrogen-bond acceptors (Lipinski definition) is 1. The number of fused-ring (bicyclic) bond motifs is 1. The molecule has 3 aromatic rings. The molecular formula is C24H21F3N2O. The third-order valence-electron chi connectivity index (χ3n) is 5.36. The lowest BCUT2D eigenvalue weighted by atomic mass is 10.0. The number of alkyl halides is 3. The van der Waals surface area contributed by atoms with Gasteiger partial charge in [0.1, 0.15) is 0 Å². The van der Waals surface area contributed by atoms with Gasteiger partial charge in [-0.1, -0.05) is 12.1 Å². The SMILES string of the molecule is Cc1cc(C)cc(-n2c(C)cc(/C=C3/C(=O)Nc4cc(C(F)(F)F)ccc43)c2C)c1. The Labute approximate surface area is 172 Å². The lowest BCUT2D eigenvalue weighted by Gasteiger charge is -2.12. The number of hydrogen-bond donors (Lipinski definition) is 1. The Morgan fingerprint density at radius 3 is 2.23 bits per heavy atom. The second kappa shape index (κ2) is 6.90. The summed E-state index contributed by atoms with van der Waals surface area (Å²) in [6.45, 7) is 8.05. The van der Waals surface area contributed by atoms with Crippen molar-refractivity contribution in [2.45, 2.75) is 33.9 Å². The number of rotatable bonds is 2. The van der Waals surface area contributed by atoms with E-state index in [-0.39, 0.29) is 5.69 Å². The first kappa shape index (κ1) is 20.0. The zero-order valence-electron chi connectivity index (χ0n) is 17.1. The fourth-order valence-corrected chi connectivity index (χ4v) is 4.08. The van der Waals surface area contributed by atoms with Crippen molar-refractivity contribution in [3.05, 3.63) is 81.7 Å². The average molecular weight is 410 g/mol. The van der Waals surface area contributed by atoms with Gasteiger partial charge in [-0.3, -0.25) is 4.79 Å². The molecular weight excluding hydrogens is 389 g/mol. The molecule has 6 heteroatoms. The van der Waals surface area contributed by atoms with Crippen molar-refractivity contribution in [3.63, 3.8) is 0 Å². The van der Waals surface area contributed by atoms with Crippen LogP contribution in [-0.2, 0) is 11.0 Å². The molecule has 0 spiro atoms. The largest absolute Gasteiger partial charge is 0.416 e. The number of anilines is 1. The minimum absolute atomic E-state index is 0.184. The van der Waals surface area contributed by atoms with Crippen LogP contribution in [0.4, 0.5) is 18.9 Å². The van der Waals surface area contributed by atoms with E-state index in [1.165, 1.54) is 6.07 Å². The van der Waals surface area contributed by atoms with Gasteiger partial charge in [0, 0.05) is 33.9 Å². The van der Waals surface area contributed by atoms with E-state index in [4.69, 9.17) is 0 Å². The first-order chi connectivity index (χ1) is 14.0. The summed E-state index contributed by atoms with van der Waals surface area (Å²) < 4.78 is 41.1. The van der Waals surface area contributed by atoms with E-state index >= 15 is 0 Å². The molecule has 0 aliphatic carbocycles. The van der Waals surface area contributed by atoms with Crippen LogP contribution < -0.4 is 5.32 Å². The van der Waals surface area contributed by atoms with E-state index < -0.39 is 17.6 Å². The Morgan fingerprint density at radius 2 is 1.60 bits per heavy atom. The smallest absolute Gasteiger partial charge is 0.321 e. The lowest BCUT2D eigenvalue weighted by molar-refractivity contribution is -0.137. The molecule has 1 aliphatic rings. The Kier molecular flexibility index (Phi) is 4.60. The molecule has 3 nitrogen and oxygen atoms in total. The molecule has 1 aromatic heterocycles. The number of nitrogens with one attached hydrogen (secondary N) is 1. The molecule has 0 atom stereocenters. The number of aryl methyl sites for hydroxylation is 3. The Bertz CT molecular complexity index is 1200. The molecule has 0 saturated carbocycles. The van der Waals surface area contributed by atoms with Crippen molar-refractivity contribution < 1.29 is 18.0 Å². The van der Waals surface area contributed by atoms with Crippen LogP contribution in [0.5, 0.6) is 0 Å². The maximum Gasteiger partial charge on any atom is 0.416 e. The number of benzene rings is 2. The van der Waals surface area contributed by atoms with Crippen LogP contribution in [0.1, 0.15) is 39.2 Å². The van der Waals surface area contributed by atoms with Gasteiger partial charge < -0.3 is 9.88 Å². The number of carbonyl (C=O) groups is 1. The first-order valence-electron chi connectivity index (χ1n) is 9.57. The van der Waals surface area contributed by atoms with Crippen molar-refractivity contribution in [2.75, 3.05) is 5.32 Å². The molecule has 0 unspecified atom stereocenters. The second-order valence-electron chi connectivity index (χ2n) is 7.78. The number of aromatic nitrogens is 1. The van der Waals surface area contributed by atoms with Gasteiger partial charge in [-0.2, -0.15) is 13.2 Å². The Hall–Kier alpha value is -3.28. The van der Waals surface area contributed by atoms with Gasteiger partial charge in [-0.15, -0.1) is 0 Å². The van der Waals surface area contributed by atoms with Gasteiger partial charge >= 0.3 is 6.18 Å². The number of carbonyl (C=O) groups excluding carboxylic acids is 1. The summed E-state index contributed by atoms with van der Waals surface area (Å²) in [7, 11) is 0. The standard InChI is InChI=1S/C24H21F3N2O/c1-13-7-14(2)9-19(8-13)29-15(3)10-17(16(29)4)11-21-20-6-5-18(24(25,26)27)12-22(20)28-23(21)30/h5-12H,1-4H3,(H,28,30)/b21-11+. The van der Waals surface area contributed by atoms with Crippen LogP contribution in [0, 0.1) is 27.7 Å². The maximum absolute atomic E-state index is 13.0. The van der Waals surface area contributed by atoms with Gasteiger partial charge in [-0.25, -0.2) is 0 Å². The highest BCUT2D eigenvalue weighted by molar-refractivity contribution is 6.35. The van der Waals surface area contributed by atoms with Crippen molar-refractivity contribution in [2.24, 2.45) is 0 Å². The maximum atomic E-state index is 13.0. The van der Waals surface area contributed by atoms with Gasteiger partial charge in [0.15, 0.2) is 0 Å². The van der Waals surface area contributed by atoms with Gasteiger partial charge in [-0.05, 0) is 80.8 Å². The summed E-state index contributed by atoms with van der Waals surface area (Å²) in [6, 6.07) is 11.6. The number of halogens is 3. The van der Waals surface area contributed by atoms with E-state index in [1.54, 1.807) is 6.08 Å². The van der Waals surface area contributed by atoms with Crippen molar-refractivity contribution in [3.8, 4) is 5.69 Å². The number of nitrogens with zero attached hydrogens (tertiary/aromatic N) is 1. The molecule has 1 amide bonds. The molecule has 2 heterocycles. The molecule has 0 radical (unpaired) electrons. The van der Waals surface area contributed by atoms with E-state index in [2.05, 4.69) is 28.1 Å². The topological polar surface area (TPSA) is 34.0 Å². The highest BCUT2D eigenvalue weighted by atomic mass is 19.4. The summed E-state index contributed by atoms with van der Waals surface area (Å²) in [5, 5.41) is 2.55. The molecule has 0 fully saturated rings. The summed E-state index contributed by atoms with van der Waals surface area (Å²) >= 11 is 0. The minimum atomic E-state index is -4.46. The average Bonchev–Trinajstić information content (AvgIpc) is 3.09. The summed E-state index contributed by atoms with van der Waals surface area (Å²) in [5.41, 5.74) is 6.41. The highest BCUT2D eigenvalue weighted by Crippen LogP contribution is 2.39. The van der Waals surface area contributed by atoms with Crippen molar-refractivity contribution in [1.82, 2.24) is 4.57 Å². The van der Waals surface area contributed by atoms with Crippen LogP contribution in [-0.4, -0.2) is 10.5 Å². The zero-order valence-corrected chi connectivity index (χ0v) is 17.1.